The number of nitrogens with zero attached hydrogens (tertiary/aromatic N) is 3. The average molecular weight is 386 g/mol. The van der Waals surface area contributed by atoms with E-state index in [4.69, 9.17) is 0 Å². The lowest BCUT2D eigenvalue weighted by atomic mass is 9.66. The number of fused-ring (bicyclic) bond motifs is 2. The zero-order valence-electron chi connectivity index (χ0n) is 17.0. The van der Waals surface area contributed by atoms with Crippen LogP contribution in [-0.4, -0.2) is 81.5 Å². The van der Waals surface area contributed by atoms with Crippen molar-refractivity contribution in [1.82, 2.24) is 14.1 Å². The Balaban J connectivity index is 1.78. The lowest BCUT2D eigenvalue weighted by Crippen LogP contribution is -2.50. The van der Waals surface area contributed by atoms with Gasteiger partial charge in [0, 0.05) is 40.3 Å². The molecule has 7 heteroatoms. The molecular formula is C19H35N3O3S. The molecule has 2 atom stereocenters. The summed E-state index contributed by atoms with van der Waals surface area (Å²) >= 11 is 0. The maximum atomic E-state index is 13.1. The standard InChI is InChI=1S/C19H35N3O3S/c1-15(2)13-26(24,25)22-10-8-18(9-11-22)6-7-19(17(23)20(3)4)14-21(5)12-16(18)19/h15-16H,6-14H2,1-5H3/t16-,19+/m1/s1. The topological polar surface area (TPSA) is 60.9 Å². The minimum Gasteiger partial charge on any atom is -0.348 e. The maximum absolute atomic E-state index is 13.1. The molecule has 6 nitrogen and oxygen atoms in total. The lowest BCUT2D eigenvalue weighted by molar-refractivity contribution is -0.141. The van der Waals surface area contributed by atoms with Gasteiger partial charge in [0.25, 0.3) is 0 Å². The number of carbonyl (C=O) groups is 1. The van der Waals surface area contributed by atoms with Crippen LogP contribution < -0.4 is 0 Å². The molecule has 0 aromatic carbocycles. The summed E-state index contributed by atoms with van der Waals surface area (Å²) < 4.78 is 26.9. The van der Waals surface area contributed by atoms with E-state index in [0.29, 0.717) is 19.0 Å². The molecule has 3 fully saturated rings. The lowest BCUT2D eigenvalue weighted by Gasteiger charge is -2.44. The van der Waals surface area contributed by atoms with Gasteiger partial charge in [-0.1, -0.05) is 13.8 Å². The van der Waals surface area contributed by atoms with Crippen molar-refractivity contribution in [3.05, 3.63) is 0 Å². The van der Waals surface area contributed by atoms with Crippen LogP contribution in [0, 0.1) is 22.7 Å². The van der Waals surface area contributed by atoms with Gasteiger partial charge in [0.1, 0.15) is 0 Å². The van der Waals surface area contributed by atoms with Crippen LogP contribution in [0.4, 0.5) is 0 Å². The first-order valence-corrected chi connectivity index (χ1v) is 11.5. The Morgan fingerprint density at radius 2 is 1.77 bits per heavy atom. The number of rotatable bonds is 4. The zero-order chi connectivity index (χ0) is 19.3. The molecule has 2 aliphatic heterocycles. The Labute approximate surface area is 158 Å². The Hall–Kier alpha value is -0.660. The Bertz CT molecular complexity index is 653. The summed E-state index contributed by atoms with van der Waals surface area (Å²) in [6.45, 7) is 6.93. The van der Waals surface area contributed by atoms with Crippen molar-refractivity contribution in [3.8, 4) is 0 Å². The molecule has 0 unspecified atom stereocenters. The number of hydrogen-bond acceptors (Lipinski definition) is 4. The summed E-state index contributed by atoms with van der Waals surface area (Å²) in [7, 11) is 2.67. The largest absolute Gasteiger partial charge is 0.348 e. The second-order valence-electron chi connectivity index (χ2n) is 9.54. The number of piperidine rings is 1. The highest BCUT2D eigenvalue weighted by Crippen LogP contribution is 2.62. The number of amides is 1. The second-order valence-corrected chi connectivity index (χ2v) is 11.6. The van der Waals surface area contributed by atoms with Gasteiger partial charge in [-0.2, -0.15) is 0 Å². The van der Waals surface area contributed by atoms with Gasteiger partial charge in [-0.15, -0.1) is 0 Å². The van der Waals surface area contributed by atoms with Crippen molar-refractivity contribution in [1.29, 1.82) is 0 Å². The van der Waals surface area contributed by atoms with E-state index in [2.05, 4.69) is 11.9 Å². The predicted molar refractivity (Wildman–Crippen MR) is 103 cm³/mol. The fourth-order valence-corrected chi connectivity index (χ4v) is 7.72. The normalized spacial score (nSPS) is 32.3. The Kier molecular flexibility index (Phi) is 5.21. The highest BCUT2D eigenvalue weighted by Gasteiger charge is 2.64. The molecule has 26 heavy (non-hydrogen) atoms. The molecule has 1 saturated carbocycles. The van der Waals surface area contributed by atoms with E-state index >= 15 is 0 Å². The summed E-state index contributed by atoms with van der Waals surface area (Å²) in [6.07, 6.45) is 3.79. The van der Waals surface area contributed by atoms with Gasteiger partial charge in [-0.05, 0) is 50.0 Å². The van der Waals surface area contributed by atoms with Gasteiger partial charge in [0.05, 0.1) is 11.2 Å². The van der Waals surface area contributed by atoms with Crippen molar-refractivity contribution in [2.45, 2.75) is 39.5 Å². The molecule has 0 bridgehead atoms. The van der Waals surface area contributed by atoms with E-state index < -0.39 is 10.0 Å². The first-order valence-electron chi connectivity index (χ1n) is 9.91. The molecule has 0 N–H and O–H groups in total. The van der Waals surface area contributed by atoms with E-state index in [1.54, 1.807) is 9.21 Å². The van der Waals surface area contributed by atoms with E-state index in [0.717, 1.165) is 38.8 Å². The molecule has 2 saturated heterocycles. The highest BCUT2D eigenvalue weighted by molar-refractivity contribution is 7.89. The van der Waals surface area contributed by atoms with Crippen molar-refractivity contribution < 1.29 is 13.2 Å². The third-order valence-corrected chi connectivity index (χ3v) is 9.25. The number of carbonyl (C=O) groups excluding carboxylic acids is 1. The second kappa shape index (κ2) is 6.74. The minimum absolute atomic E-state index is 0.125. The van der Waals surface area contributed by atoms with Crippen LogP contribution in [-0.2, 0) is 14.8 Å². The number of sulfonamides is 1. The van der Waals surface area contributed by atoms with E-state index in [1.807, 2.05) is 27.9 Å². The highest BCUT2D eigenvalue weighted by atomic mass is 32.2. The summed E-state index contributed by atoms with van der Waals surface area (Å²) in [5.74, 6) is 0.995. The molecule has 1 aliphatic carbocycles. The predicted octanol–water partition coefficient (Wildman–Crippen LogP) is 1.48. The molecule has 3 aliphatic rings. The molecular weight excluding hydrogens is 350 g/mol. The minimum atomic E-state index is -3.16. The molecule has 0 aromatic rings. The summed E-state index contributed by atoms with van der Waals surface area (Å²) in [6, 6.07) is 0. The first kappa shape index (κ1) is 20.1. The average Bonchev–Trinajstić information content (AvgIpc) is 3.02. The third-order valence-electron chi connectivity index (χ3n) is 7.01. The summed E-state index contributed by atoms with van der Waals surface area (Å²) in [5.41, 5.74) is -0.141. The van der Waals surface area contributed by atoms with Crippen molar-refractivity contribution in [3.63, 3.8) is 0 Å². The van der Waals surface area contributed by atoms with Gasteiger partial charge in [0.2, 0.25) is 15.9 Å². The summed E-state index contributed by atoms with van der Waals surface area (Å²) in [4.78, 5) is 17.1. The molecule has 3 rings (SSSR count). The summed E-state index contributed by atoms with van der Waals surface area (Å²) in [5, 5.41) is 0. The fraction of sp³-hybridized carbons (Fsp3) is 0.947. The molecule has 1 amide bonds. The van der Waals surface area contributed by atoms with Crippen LogP contribution in [0.3, 0.4) is 0 Å². The van der Waals surface area contributed by atoms with Crippen molar-refractivity contribution >= 4 is 15.9 Å². The fourth-order valence-electron chi connectivity index (χ4n) is 5.93. The van der Waals surface area contributed by atoms with Crippen molar-refractivity contribution in [2.75, 3.05) is 53.1 Å². The van der Waals surface area contributed by atoms with Crippen LogP contribution in [0.15, 0.2) is 0 Å². The van der Waals surface area contributed by atoms with E-state index in [-0.39, 0.29) is 28.4 Å². The van der Waals surface area contributed by atoms with Gasteiger partial charge in [-0.25, -0.2) is 12.7 Å². The monoisotopic (exact) mass is 385 g/mol. The number of likely N-dealkylation sites (tertiary alicyclic amines) is 1. The number of hydrogen-bond donors (Lipinski definition) is 0. The third kappa shape index (κ3) is 3.20. The Morgan fingerprint density at radius 1 is 1.15 bits per heavy atom. The quantitative estimate of drug-likeness (QED) is 0.736. The van der Waals surface area contributed by atoms with Crippen LogP contribution in [0.1, 0.15) is 39.5 Å². The smallest absolute Gasteiger partial charge is 0.229 e. The molecule has 150 valence electrons. The molecule has 0 radical (unpaired) electrons. The van der Waals surface area contributed by atoms with Gasteiger partial charge in [0.15, 0.2) is 0 Å². The maximum Gasteiger partial charge on any atom is 0.229 e. The van der Waals surface area contributed by atoms with Crippen LogP contribution >= 0.6 is 0 Å². The van der Waals surface area contributed by atoms with Crippen molar-refractivity contribution in [2.24, 2.45) is 22.7 Å². The van der Waals surface area contributed by atoms with Gasteiger partial charge < -0.3 is 9.80 Å². The molecule has 2 heterocycles. The van der Waals surface area contributed by atoms with Gasteiger partial charge >= 0.3 is 0 Å². The first-order chi connectivity index (χ1) is 12.0. The van der Waals surface area contributed by atoms with Crippen LogP contribution in [0.25, 0.3) is 0 Å². The molecule has 1 spiro atoms. The van der Waals surface area contributed by atoms with E-state index in [9.17, 15) is 13.2 Å². The molecule has 0 aromatic heterocycles. The Morgan fingerprint density at radius 3 is 2.31 bits per heavy atom. The zero-order valence-corrected chi connectivity index (χ0v) is 17.8. The van der Waals surface area contributed by atoms with Crippen LogP contribution in [0.2, 0.25) is 0 Å². The van der Waals surface area contributed by atoms with E-state index in [1.165, 1.54) is 0 Å². The SMILES string of the molecule is CC(C)CS(=O)(=O)N1CCC2(CC1)CC[C@]1(C(=O)N(C)C)CN(C)C[C@H]21. The van der Waals surface area contributed by atoms with Crippen LogP contribution in [0.5, 0.6) is 0 Å². The van der Waals surface area contributed by atoms with Gasteiger partial charge in [-0.3, -0.25) is 4.79 Å².